The van der Waals surface area contributed by atoms with E-state index in [-0.39, 0.29) is 0 Å². The summed E-state index contributed by atoms with van der Waals surface area (Å²) in [6, 6.07) is 0. The second-order valence-electron chi connectivity index (χ2n) is 5.21. The van der Waals surface area contributed by atoms with Crippen LogP contribution in [0.2, 0.25) is 0 Å². The average Bonchev–Trinajstić information content (AvgIpc) is 2.47. The average molecular weight is 303 g/mol. The maximum absolute atomic E-state index is 5.53. The van der Waals surface area contributed by atoms with Crippen molar-refractivity contribution >= 4 is 5.96 Å². The molecule has 21 heavy (non-hydrogen) atoms. The Labute approximate surface area is 129 Å². The molecular formula is C15H33N3O3. The first kappa shape index (κ1) is 20.1. The number of rotatable bonds is 13. The van der Waals surface area contributed by atoms with Gasteiger partial charge in [-0.2, -0.15) is 0 Å². The minimum absolute atomic E-state index is 0.596. The first-order valence-corrected chi connectivity index (χ1v) is 7.79. The van der Waals surface area contributed by atoms with E-state index < -0.39 is 0 Å². The molecule has 0 unspecified atom stereocenters. The Hall–Kier alpha value is -0.850. The second kappa shape index (κ2) is 15.5. The summed E-state index contributed by atoms with van der Waals surface area (Å²) in [6.45, 7) is 9.67. The van der Waals surface area contributed by atoms with E-state index in [2.05, 4.69) is 29.5 Å². The van der Waals surface area contributed by atoms with Crippen LogP contribution in [-0.4, -0.2) is 66.2 Å². The van der Waals surface area contributed by atoms with Crippen LogP contribution < -0.4 is 10.6 Å². The van der Waals surface area contributed by atoms with Crippen molar-refractivity contribution in [2.45, 2.75) is 26.7 Å². The highest BCUT2D eigenvalue weighted by Crippen LogP contribution is 1.92. The largest absolute Gasteiger partial charge is 0.382 e. The third-order valence-electron chi connectivity index (χ3n) is 2.62. The fourth-order valence-electron chi connectivity index (χ4n) is 1.55. The van der Waals surface area contributed by atoms with E-state index in [1.165, 1.54) is 0 Å². The van der Waals surface area contributed by atoms with E-state index in [4.69, 9.17) is 14.2 Å². The molecule has 0 radical (unpaired) electrons. The maximum atomic E-state index is 5.53. The Morgan fingerprint density at radius 2 is 1.57 bits per heavy atom. The number of aliphatic imine (C=N–C) groups is 1. The van der Waals surface area contributed by atoms with Crippen LogP contribution in [-0.2, 0) is 14.2 Å². The molecule has 0 aliphatic carbocycles. The fraction of sp³-hybridized carbons (Fsp3) is 0.933. The van der Waals surface area contributed by atoms with Crippen molar-refractivity contribution in [3.63, 3.8) is 0 Å². The Morgan fingerprint density at radius 1 is 0.952 bits per heavy atom. The van der Waals surface area contributed by atoms with E-state index in [0.29, 0.717) is 19.1 Å². The highest BCUT2D eigenvalue weighted by atomic mass is 16.5. The molecular weight excluding hydrogens is 270 g/mol. The maximum Gasteiger partial charge on any atom is 0.190 e. The summed E-state index contributed by atoms with van der Waals surface area (Å²) in [5.74, 6) is 1.43. The smallest absolute Gasteiger partial charge is 0.190 e. The van der Waals surface area contributed by atoms with Gasteiger partial charge in [0.1, 0.15) is 0 Å². The first-order valence-electron chi connectivity index (χ1n) is 7.79. The van der Waals surface area contributed by atoms with Crippen molar-refractivity contribution in [1.29, 1.82) is 0 Å². The van der Waals surface area contributed by atoms with Crippen LogP contribution in [0.4, 0.5) is 0 Å². The highest BCUT2D eigenvalue weighted by molar-refractivity contribution is 5.79. The van der Waals surface area contributed by atoms with E-state index in [1.807, 2.05) is 0 Å². The predicted molar refractivity (Wildman–Crippen MR) is 87.0 cm³/mol. The fourth-order valence-corrected chi connectivity index (χ4v) is 1.55. The van der Waals surface area contributed by atoms with Crippen molar-refractivity contribution in [3.05, 3.63) is 0 Å². The van der Waals surface area contributed by atoms with Gasteiger partial charge in [-0.05, 0) is 18.8 Å². The minimum atomic E-state index is 0.596. The zero-order valence-corrected chi connectivity index (χ0v) is 14.1. The van der Waals surface area contributed by atoms with Gasteiger partial charge in [-0.3, -0.25) is 4.99 Å². The van der Waals surface area contributed by atoms with Crippen LogP contribution in [0.15, 0.2) is 4.99 Å². The van der Waals surface area contributed by atoms with Crippen molar-refractivity contribution in [3.8, 4) is 0 Å². The van der Waals surface area contributed by atoms with Gasteiger partial charge in [-0.1, -0.05) is 13.8 Å². The lowest BCUT2D eigenvalue weighted by molar-refractivity contribution is 0.0698. The van der Waals surface area contributed by atoms with Crippen LogP contribution >= 0.6 is 0 Å². The summed E-state index contributed by atoms with van der Waals surface area (Å²) >= 11 is 0. The molecule has 0 fully saturated rings. The van der Waals surface area contributed by atoms with Gasteiger partial charge in [0.2, 0.25) is 0 Å². The monoisotopic (exact) mass is 303 g/mol. The second-order valence-corrected chi connectivity index (χ2v) is 5.21. The van der Waals surface area contributed by atoms with E-state index in [1.54, 1.807) is 14.2 Å². The van der Waals surface area contributed by atoms with Gasteiger partial charge in [-0.15, -0.1) is 0 Å². The van der Waals surface area contributed by atoms with E-state index >= 15 is 0 Å². The van der Waals surface area contributed by atoms with E-state index in [9.17, 15) is 0 Å². The Morgan fingerprint density at radius 3 is 2.10 bits per heavy atom. The molecule has 0 aromatic rings. The third-order valence-corrected chi connectivity index (χ3v) is 2.62. The normalized spacial score (nSPS) is 12.0. The molecule has 0 rings (SSSR count). The lowest BCUT2D eigenvalue weighted by Gasteiger charge is -2.12. The van der Waals surface area contributed by atoms with Gasteiger partial charge < -0.3 is 24.8 Å². The number of guanidine groups is 1. The van der Waals surface area contributed by atoms with Crippen LogP contribution in [0, 0.1) is 5.92 Å². The van der Waals surface area contributed by atoms with Crippen molar-refractivity contribution in [2.75, 3.05) is 60.3 Å². The highest BCUT2D eigenvalue weighted by Gasteiger charge is 1.97. The van der Waals surface area contributed by atoms with Crippen LogP contribution in [0.25, 0.3) is 0 Å². The molecule has 0 saturated heterocycles. The molecule has 0 aromatic carbocycles. The molecule has 0 heterocycles. The lowest BCUT2D eigenvalue weighted by atomic mass is 10.2. The third kappa shape index (κ3) is 15.4. The number of methoxy groups -OCH3 is 1. The van der Waals surface area contributed by atoms with Gasteiger partial charge >= 0.3 is 0 Å². The molecule has 0 aliphatic rings. The number of ether oxygens (including phenoxy) is 3. The topological polar surface area (TPSA) is 64.1 Å². The summed E-state index contributed by atoms with van der Waals surface area (Å²) in [4.78, 5) is 4.17. The Bertz CT molecular complexity index is 248. The van der Waals surface area contributed by atoms with Crippen LogP contribution in [0.3, 0.4) is 0 Å². The molecule has 0 saturated carbocycles. The molecule has 0 atom stereocenters. The lowest BCUT2D eigenvalue weighted by Crippen LogP contribution is -2.38. The van der Waals surface area contributed by atoms with Gasteiger partial charge in [0, 0.05) is 47.1 Å². The molecule has 6 heteroatoms. The van der Waals surface area contributed by atoms with Crippen LogP contribution in [0.5, 0.6) is 0 Å². The predicted octanol–water partition coefficient (Wildman–Crippen LogP) is 1.27. The standard InChI is InChI=1S/C15H33N3O3/c1-14(2)13-21-10-6-8-18-15(16-3)17-7-5-9-20-12-11-19-4/h14H,5-13H2,1-4H3,(H2,16,17,18). The van der Waals surface area contributed by atoms with Crippen molar-refractivity contribution in [2.24, 2.45) is 10.9 Å². The van der Waals surface area contributed by atoms with Crippen molar-refractivity contribution in [1.82, 2.24) is 10.6 Å². The van der Waals surface area contributed by atoms with Gasteiger partial charge in [0.05, 0.1) is 13.2 Å². The molecule has 0 bridgehead atoms. The molecule has 2 N–H and O–H groups in total. The van der Waals surface area contributed by atoms with E-state index in [0.717, 1.165) is 51.7 Å². The molecule has 0 amide bonds. The van der Waals surface area contributed by atoms with Gasteiger partial charge in [0.25, 0.3) is 0 Å². The minimum Gasteiger partial charge on any atom is -0.382 e. The quantitative estimate of drug-likeness (QED) is 0.305. The summed E-state index contributed by atoms with van der Waals surface area (Å²) in [5.41, 5.74) is 0. The summed E-state index contributed by atoms with van der Waals surface area (Å²) in [6.07, 6.45) is 1.93. The van der Waals surface area contributed by atoms with Gasteiger partial charge in [-0.25, -0.2) is 0 Å². The zero-order valence-electron chi connectivity index (χ0n) is 14.1. The molecule has 126 valence electrons. The number of nitrogens with zero attached hydrogens (tertiary/aromatic N) is 1. The SMILES string of the molecule is CN=C(NCCCOCCOC)NCCCOCC(C)C. The first-order chi connectivity index (χ1) is 10.2. The Balaban J connectivity index is 3.38. The molecule has 0 aromatic heterocycles. The number of nitrogens with one attached hydrogen (secondary N) is 2. The Kier molecular flexibility index (Phi) is 14.9. The summed E-state index contributed by atoms with van der Waals surface area (Å²) < 4.78 is 15.8. The van der Waals surface area contributed by atoms with Crippen LogP contribution in [0.1, 0.15) is 26.7 Å². The molecule has 6 nitrogen and oxygen atoms in total. The molecule has 0 aliphatic heterocycles. The number of hydrogen-bond donors (Lipinski definition) is 2. The summed E-state index contributed by atoms with van der Waals surface area (Å²) in [7, 11) is 3.45. The zero-order chi connectivity index (χ0) is 15.8. The van der Waals surface area contributed by atoms with Crippen molar-refractivity contribution < 1.29 is 14.2 Å². The number of hydrogen-bond acceptors (Lipinski definition) is 4. The van der Waals surface area contributed by atoms with Gasteiger partial charge in [0.15, 0.2) is 5.96 Å². The molecule has 0 spiro atoms. The summed E-state index contributed by atoms with van der Waals surface area (Å²) in [5, 5.41) is 6.52.